The highest BCUT2D eigenvalue weighted by molar-refractivity contribution is 5.90. The number of rotatable bonds is 4. The van der Waals surface area contributed by atoms with Crippen LogP contribution in [0.4, 0.5) is 0 Å². The van der Waals surface area contributed by atoms with Crippen molar-refractivity contribution in [2.75, 3.05) is 0 Å². The van der Waals surface area contributed by atoms with Crippen molar-refractivity contribution in [3.8, 4) is 17.1 Å². The Morgan fingerprint density at radius 2 is 1.96 bits per heavy atom. The van der Waals surface area contributed by atoms with Crippen molar-refractivity contribution in [1.82, 2.24) is 25.2 Å². The lowest BCUT2D eigenvalue weighted by Crippen LogP contribution is -2.36. The summed E-state index contributed by atoms with van der Waals surface area (Å²) in [5.74, 6) is 0.0691. The van der Waals surface area contributed by atoms with Gasteiger partial charge in [0.15, 0.2) is 0 Å². The lowest BCUT2D eigenvalue weighted by atomic mass is 9.95. The Kier molecular flexibility index (Phi) is 4.51. The number of para-hydroxylation sites is 1. The van der Waals surface area contributed by atoms with Crippen LogP contribution in [0.3, 0.4) is 0 Å². The predicted octanol–water partition coefficient (Wildman–Crippen LogP) is 3.29. The summed E-state index contributed by atoms with van der Waals surface area (Å²) >= 11 is 0. The molecule has 1 aliphatic rings. The van der Waals surface area contributed by atoms with Crippen molar-refractivity contribution in [2.24, 2.45) is 0 Å². The van der Waals surface area contributed by atoms with Crippen LogP contribution in [0, 0.1) is 6.92 Å². The molecule has 7 heteroatoms. The quantitative estimate of drug-likeness (QED) is 0.779. The molecule has 0 radical (unpaired) electrons. The van der Waals surface area contributed by atoms with Crippen LogP contribution in [-0.2, 0) is 0 Å². The fourth-order valence-corrected chi connectivity index (χ4v) is 3.31. The van der Waals surface area contributed by atoms with Crippen molar-refractivity contribution in [1.29, 1.82) is 0 Å². The first-order valence-electron chi connectivity index (χ1n) is 8.97. The van der Waals surface area contributed by atoms with E-state index in [1.54, 1.807) is 4.68 Å². The first-order chi connectivity index (χ1) is 12.7. The van der Waals surface area contributed by atoms with E-state index in [0.717, 1.165) is 42.6 Å². The SMILES string of the molecule is Cc1nn(-c2ccccc2)cc1-c1noc(C(=O)NC2CCCCC2)n1. The normalized spacial score (nSPS) is 15.1. The minimum Gasteiger partial charge on any atom is -0.345 e. The van der Waals surface area contributed by atoms with Crippen molar-refractivity contribution < 1.29 is 9.32 Å². The second-order valence-electron chi connectivity index (χ2n) is 6.64. The Labute approximate surface area is 151 Å². The first kappa shape index (κ1) is 16.5. The van der Waals surface area contributed by atoms with Crippen LogP contribution in [0.1, 0.15) is 48.5 Å². The second kappa shape index (κ2) is 7.11. The molecule has 0 saturated heterocycles. The lowest BCUT2D eigenvalue weighted by molar-refractivity contribution is 0.0883. The summed E-state index contributed by atoms with van der Waals surface area (Å²) in [5, 5.41) is 11.5. The van der Waals surface area contributed by atoms with Gasteiger partial charge >= 0.3 is 11.8 Å². The number of benzene rings is 1. The third kappa shape index (κ3) is 3.37. The van der Waals surface area contributed by atoms with Crippen molar-refractivity contribution >= 4 is 5.91 Å². The third-order valence-corrected chi connectivity index (χ3v) is 4.72. The molecule has 0 spiro atoms. The standard InChI is InChI=1S/C19H21N5O2/c1-13-16(12-24(22-13)15-10-6-3-7-11-15)17-21-19(26-23-17)18(25)20-14-8-4-2-5-9-14/h3,6-7,10-12,14H,2,4-5,8-9H2,1H3,(H,20,25). The number of amides is 1. The average Bonchev–Trinajstić information content (AvgIpc) is 3.30. The third-order valence-electron chi connectivity index (χ3n) is 4.72. The number of carbonyl (C=O) groups excluding carboxylic acids is 1. The number of aromatic nitrogens is 4. The molecule has 1 N–H and O–H groups in total. The van der Waals surface area contributed by atoms with Crippen LogP contribution in [0.2, 0.25) is 0 Å². The maximum absolute atomic E-state index is 12.3. The Balaban J connectivity index is 1.52. The van der Waals surface area contributed by atoms with Crippen molar-refractivity contribution in [3.63, 3.8) is 0 Å². The van der Waals surface area contributed by atoms with Gasteiger partial charge in [-0.2, -0.15) is 10.1 Å². The number of hydrogen-bond acceptors (Lipinski definition) is 5. The van der Waals surface area contributed by atoms with Gasteiger partial charge in [0.2, 0.25) is 5.82 Å². The summed E-state index contributed by atoms with van der Waals surface area (Å²) in [4.78, 5) is 16.6. The van der Waals surface area contributed by atoms with Crippen LogP contribution < -0.4 is 5.32 Å². The summed E-state index contributed by atoms with van der Waals surface area (Å²) in [5.41, 5.74) is 2.46. The summed E-state index contributed by atoms with van der Waals surface area (Å²) in [6.45, 7) is 1.88. The van der Waals surface area contributed by atoms with E-state index in [-0.39, 0.29) is 17.8 Å². The molecule has 4 rings (SSSR count). The molecule has 0 aliphatic heterocycles. The number of nitrogens with one attached hydrogen (secondary N) is 1. The van der Waals surface area contributed by atoms with Gasteiger partial charge < -0.3 is 9.84 Å². The molecule has 1 saturated carbocycles. The van der Waals surface area contributed by atoms with Crippen LogP contribution in [0.25, 0.3) is 17.1 Å². The first-order valence-corrected chi connectivity index (χ1v) is 8.97. The zero-order valence-electron chi connectivity index (χ0n) is 14.7. The van der Waals surface area contributed by atoms with Gasteiger partial charge in [0, 0.05) is 12.2 Å². The minimum atomic E-state index is -0.302. The summed E-state index contributed by atoms with van der Waals surface area (Å²) in [6, 6.07) is 10.00. The molecule has 7 nitrogen and oxygen atoms in total. The van der Waals surface area contributed by atoms with Gasteiger partial charge in [-0.15, -0.1) is 0 Å². The minimum absolute atomic E-state index is 0.00238. The van der Waals surface area contributed by atoms with Crippen LogP contribution in [-0.4, -0.2) is 31.9 Å². The van der Waals surface area contributed by atoms with Gasteiger partial charge in [0.05, 0.1) is 16.9 Å². The molecular formula is C19H21N5O2. The number of carbonyl (C=O) groups is 1. The molecule has 0 atom stereocenters. The topological polar surface area (TPSA) is 85.8 Å². The Morgan fingerprint density at radius 1 is 1.19 bits per heavy atom. The van der Waals surface area contributed by atoms with E-state index in [4.69, 9.17) is 4.52 Å². The number of nitrogens with zero attached hydrogens (tertiary/aromatic N) is 4. The fraction of sp³-hybridized carbons (Fsp3) is 0.368. The molecule has 3 aromatic rings. The highest BCUT2D eigenvalue weighted by Crippen LogP contribution is 2.22. The molecule has 1 amide bonds. The molecule has 134 valence electrons. The van der Waals surface area contributed by atoms with Gasteiger partial charge in [-0.25, -0.2) is 4.68 Å². The molecule has 26 heavy (non-hydrogen) atoms. The van der Waals surface area contributed by atoms with Gasteiger partial charge in [-0.1, -0.05) is 42.6 Å². The monoisotopic (exact) mass is 351 g/mol. The van der Waals surface area contributed by atoms with E-state index < -0.39 is 0 Å². The molecular weight excluding hydrogens is 330 g/mol. The van der Waals surface area contributed by atoms with E-state index in [2.05, 4.69) is 20.6 Å². The van der Waals surface area contributed by atoms with Gasteiger partial charge in [-0.3, -0.25) is 4.79 Å². The molecule has 1 fully saturated rings. The highest BCUT2D eigenvalue weighted by atomic mass is 16.5. The van der Waals surface area contributed by atoms with Gasteiger partial charge in [-0.05, 0) is 31.9 Å². The van der Waals surface area contributed by atoms with Crippen molar-refractivity contribution in [2.45, 2.75) is 45.1 Å². The number of hydrogen-bond donors (Lipinski definition) is 1. The Morgan fingerprint density at radius 3 is 2.73 bits per heavy atom. The summed E-state index contributed by atoms with van der Waals surface area (Å²) in [7, 11) is 0. The molecule has 2 heterocycles. The van der Waals surface area contributed by atoms with E-state index in [0.29, 0.717) is 5.82 Å². The molecule has 0 bridgehead atoms. The van der Waals surface area contributed by atoms with Crippen LogP contribution in [0.15, 0.2) is 41.1 Å². The Hall–Kier alpha value is -2.96. The Bertz CT molecular complexity index is 894. The molecule has 1 aromatic carbocycles. The summed E-state index contributed by atoms with van der Waals surface area (Å²) in [6.07, 6.45) is 7.40. The van der Waals surface area contributed by atoms with Gasteiger partial charge in [0.25, 0.3) is 0 Å². The zero-order chi connectivity index (χ0) is 17.9. The maximum atomic E-state index is 12.3. The van der Waals surface area contributed by atoms with Crippen molar-refractivity contribution in [3.05, 3.63) is 48.1 Å². The molecule has 2 aromatic heterocycles. The maximum Gasteiger partial charge on any atom is 0.316 e. The number of aryl methyl sites for hydroxylation is 1. The lowest BCUT2D eigenvalue weighted by Gasteiger charge is -2.21. The highest BCUT2D eigenvalue weighted by Gasteiger charge is 2.22. The summed E-state index contributed by atoms with van der Waals surface area (Å²) < 4.78 is 6.95. The van der Waals surface area contributed by atoms with E-state index in [1.807, 2.05) is 43.5 Å². The van der Waals surface area contributed by atoms with Crippen LogP contribution in [0.5, 0.6) is 0 Å². The van der Waals surface area contributed by atoms with E-state index in [1.165, 1.54) is 6.42 Å². The largest absolute Gasteiger partial charge is 0.345 e. The zero-order valence-corrected chi connectivity index (χ0v) is 14.7. The molecule has 0 unspecified atom stereocenters. The predicted molar refractivity (Wildman–Crippen MR) is 95.9 cm³/mol. The fourth-order valence-electron chi connectivity index (χ4n) is 3.31. The second-order valence-corrected chi connectivity index (χ2v) is 6.64. The van der Waals surface area contributed by atoms with Crippen LogP contribution >= 0.6 is 0 Å². The average molecular weight is 351 g/mol. The molecule has 1 aliphatic carbocycles. The van der Waals surface area contributed by atoms with E-state index >= 15 is 0 Å². The smallest absolute Gasteiger partial charge is 0.316 e. The van der Waals surface area contributed by atoms with E-state index in [9.17, 15) is 4.79 Å². The van der Waals surface area contributed by atoms with Gasteiger partial charge in [0.1, 0.15) is 0 Å².